The molecule has 1 fully saturated rings. The average molecular weight is 293 g/mol. The van der Waals surface area contributed by atoms with E-state index in [2.05, 4.69) is 4.98 Å². The maximum absolute atomic E-state index is 11.8. The Morgan fingerprint density at radius 2 is 2.33 bits per heavy atom. The summed E-state index contributed by atoms with van der Waals surface area (Å²) in [7, 11) is 0. The molecule has 2 rings (SSSR count). The molecule has 1 unspecified atom stereocenters. The van der Waals surface area contributed by atoms with Crippen LogP contribution in [0.4, 0.5) is 11.5 Å². The number of carbonyl (C=O) groups is 1. The normalized spacial score (nSPS) is 18.4. The number of carbonyl (C=O) groups excluding carboxylic acids is 1. The molecule has 0 spiro atoms. The third-order valence-corrected chi connectivity index (χ3v) is 3.61. The molecule has 21 heavy (non-hydrogen) atoms. The Morgan fingerprint density at radius 3 is 2.95 bits per heavy atom. The number of hydrogen-bond acceptors (Lipinski definition) is 6. The maximum atomic E-state index is 11.8. The quantitative estimate of drug-likeness (QED) is 0.480. The van der Waals surface area contributed by atoms with Gasteiger partial charge in [0.05, 0.1) is 17.4 Å². The molecule has 0 radical (unpaired) electrons. The molecule has 1 saturated heterocycles. The molecule has 1 aromatic rings. The lowest BCUT2D eigenvalue weighted by Crippen LogP contribution is -2.39. The van der Waals surface area contributed by atoms with Gasteiger partial charge in [-0.2, -0.15) is 0 Å². The van der Waals surface area contributed by atoms with Crippen LogP contribution < -0.4 is 4.90 Å². The van der Waals surface area contributed by atoms with Crippen molar-refractivity contribution in [1.82, 2.24) is 4.98 Å². The minimum Gasteiger partial charge on any atom is -0.466 e. The van der Waals surface area contributed by atoms with Gasteiger partial charge in [-0.1, -0.05) is 0 Å². The Labute approximate surface area is 123 Å². The van der Waals surface area contributed by atoms with E-state index >= 15 is 0 Å². The van der Waals surface area contributed by atoms with E-state index in [0.29, 0.717) is 24.7 Å². The van der Waals surface area contributed by atoms with Crippen LogP contribution in [0.1, 0.15) is 25.5 Å². The van der Waals surface area contributed by atoms with E-state index in [1.54, 1.807) is 19.9 Å². The first-order valence-electron chi connectivity index (χ1n) is 7.06. The van der Waals surface area contributed by atoms with E-state index in [9.17, 15) is 14.9 Å². The van der Waals surface area contributed by atoms with E-state index in [1.807, 2.05) is 4.90 Å². The predicted molar refractivity (Wildman–Crippen MR) is 77.2 cm³/mol. The number of ether oxygens (including phenoxy) is 1. The largest absolute Gasteiger partial charge is 0.466 e. The molecule has 1 aliphatic heterocycles. The summed E-state index contributed by atoms with van der Waals surface area (Å²) in [6, 6.07) is 3.10. The molecule has 2 heterocycles. The smallest absolute Gasteiger partial charge is 0.310 e. The highest BCUT2D eigenvalue weighted by atomic mass is 16.6. The van der Waals surface area contributed by atoms with Gasteiger partial charge in [0.25, 0.3) is 5.69 Å². The van der Waals surface area contributed by atoms with Crippen molar-refractivity contribution in [3.05, 3.63) is 27.9 Å². The van der Waals surface area contributed by atoms with Crippen LogP contribution in [-0.2, 0) is 9.53 Å². The van der Waals surface area contributed by atoms with Crippen LogP contribution in [0.25, 0.3) is 0 Å². The Kier molecular flexibility index (Phi) is 4.72. The molecular weight excluding hydrogens is 274 g/mol. The fourth-order valence-corrected chi connectivity index (χ4v) is 2.55. The van der Waals surface area contributed by atoms with Gasteiger partial charge in [-0.3, -0.25) is 14.9 Å². The first-order chi connectivity index (χ1) is 10.0. The van der Waals surface area contributed by atoms with E-state index in [-0.39, 0.29) is 17.6 Å². The van der Waals surface area contributed by atoms with Gasteiger partial charge >= 0.3 is 5.97 Å². The van der Waals surface area contributed by atoms with Crippen LogP contribution in [0.5, 0.6) is 0 Å². The van der Waals surface area contributed by atoms with Crippen LogP contribution in [0.3, 0.4) is 0 Å². The zero-order valence-corrected chi connectivity index (χ0v) is 12.2. The van der Waals surface area contributed by atoms with E-state index in [4.69, 9.17) is 4.74 Å². The second-order valence-electron chi connectivity index (χ2n) is 5.07. The van der Waals surface area contributed by atoms with Crippen molar-refractivity contribution < 1.29 is 14.5 Å². The number of rotatable bonds is 4. The number of hydrogen-bond donors (Lipinski definition) is 0. The average Bonchev–Trinajstić information content (AvgIpc) is 2.47. The molecule has 1 aliphatic rings. The Balaban J connectivity index is 2.12. The molecule has 114 valence electrons. The third-order valence-electron chi connectivity index (χ3n) is 3.61. The molecule has 0 N–H and O–H groups in total. The van der Waals surface area contributed by atoms with E-state index < -0.39 is 4.92 Å². The number of esters is 1. The van der Waals surface area contributed by atoms with Crippen LogP contribution in [0, 0.1) is 23.0 Å². The highest BCUT2D eigenvalue weighted by molar-refractivity contribution is 5.73. The van der Waals surface area contributed by atoms with Crippen molar-refractivity contribution in [3.8, 4) is 0 Å². The third kappa shape index (κ3) is 3.48. The van der Waals surface area contributed by atoms with Gasteiger partial charge in [-0.25, -0.2) is 4.98 Å². The lowest BCUT2D eigenvalue weighted by molar-refractivity contribution is -0.385. The fraction of sp³-hybridized carbons (Fsp3) is 0.571. The van der Waals surface area contributed by atoms with Crippen LogP contribution in [0.2, 0.25) is 0 Å². The van der Waals surface area contributed by atoms with Gasteiger partial charge < -0.3 is 9.64 Å². The lowest BCUT2D eigenvalue weighted by Gasteiger charge is -2.32. The van der Waals surface area contributed by atoms with Gasteiger partial charge in [0.2, 0.25) is 0 Å². The summed E-state index contributed by atoms with van der Waals surface area (Å²) in [6.07, 6.45) is 1.68. The van der Waals surface area contributed by atoms with Gasteiger partial charge in [-0.05, 0) is 32.8 Å². The second-order valence-corrected chi connectivity index (χ2v) is 5.07. The first-order valence-corrected chi connectivity index (χ1v) is 7.06. The predicted octanol–water partition coefficient (Wildman–Crippen LogP) is 2.08. The summed E-state index contributed by atoms with van der Waals surface area (Å²) < 4.78 is 5.06. The lowest BCUT2D eigenvalue weighted by atomic mass is 9.98. The van der Waals surface area contributed by atoms with Crippen molar-refractivity contribution in [1.29, 1.82) is 0 Å². The number of nitrogens with zero attached hydrogens (tertiary/aromatic N) is 3. The number of aryl methyl sites for hydroxylation is 1. The van der Waals surface area contributed by atoms with Crippen LogP contribution in [0.15, 0.2) is 12.1 Å². The maximum Gasteiger partial charge on any atom is 0.310 e. The number of anilines is 1. The van der Waals surface area contributed by atoms with Crippen molar-refractivity contribution in [3.63, 3.8) is 0 Å². The standard InChI is InChI=1S/C14H19N3O4/c1-3-21-14(18)11-5-4-8-16(9-11)13-7-6-12(17(19)20)10(2)15-13/h6-7,11H,3-5,8-9H2,1-2H3. The van der Waals surface area contributed by atoms with Crippen molar-refractivity contribution >= 4 is 17.5 Å². The molecule has 7 nitrogen and oxygen atoms in total. The van der Waals surface area contributed by atoms with Gasteiger partial charge in [0, 0.05) is 19.2 Å². The van der Waals surface area contributed by atoms with Crippen molar-refractivity contribution in [2.45, 2.75) is 26.7 Å². The molecule has 0 amide bonds. The SMILES string of the molecule is CCOC(=O)C1CCCN(c2ccc([N+](=O)[O-])c(C)n2)C1. The molecule has 0 aromatic carbocycles. The highest BCUT2D eigenvalue weighted by Gasteiger charge is 2.28. The van der Waals surface area contributed by atoms with Crippen LogP contribution in [-0.4, -0.2) is 35.6 Å². The molecule has 1 atom stereocenters. The number of piperidine rings is 1. The Morgan fingerprint density at radius 1 is 1.57 bits per heavy atom. The summed E-state index contributed by atoms with van der Waals surface area (Å²) >= 11 is 0. The monoisotopic (exact) mass is 293 g/mol. The Bertz CT molecular complexity index is 547. The van der Waals surface area contributed by atoms with E-state index in [1.165, 1.54) is 6.07 Å². The molecular formula is C14H19N3O4. The zero-order chi connectivity index (χ0) is 15.4. The van der Waals surface area contributed by atoms with Gasteiger partial charge in [0.15, 0.2) is 0 Å². The van der Waals surface area contributed by atoms with Crippen LogP contribution >= 0.6 is 0 Å². The van der Waals surface area contributed by atoms with Crippen molar-refractivity contribution in [2.75, 3.05) is 24.6 Å². The Hall–Kier alpha value is -2.18. The van der Waals surface area contributed by atoms with E-state index in [0.717, 1.165) is 19.4 Å². The fourth-order valence-electron chi connectivity index (χ4n) is 2.55. The van der Waals surface area contributed by atoms with Gasteiger partial charge in [-0.15, -0.1) is 0 Å². The summed E-state index contributed by atoms with van der Waals surface area (Å²) in [5.41, 5.74) is 0.397. The summed E-state index contributed by atoms with van der Waals surface area (Å²) in [5.74, 6) is 0.337. The number of aromatic nitrogens is 1. The molecule has 0 bridgehead atoms. The minimum absolute atomic E-state index is 0.0118. The first kappa shape index (κ1) is 15.2. The minimum atomic E-state index is -0.441. The summed E-state index contributed by atoms with van der Waals surface area (Å²) in [4.78, 5) is 28.5. The molecule has 0 aliphatic carbocycles. The molecule has 0 saturated carbocycles. The summed E-state index contributed by atoms with van der Waals surface area (Å²) in [5, 5.41) is 10.8. The number of pyridine rings is 1. The molecule has 1 aromatic heterocycles. The summed E-state index contributed by atoms with van der Waals surface area (Å²) in [6.45, 7) is 5.13. The second kappa shape index (κ2) is 6.51. The topological polar surface area (TPSA) is 85.6 Å². The van der Waals surface area contributed by atoms with Gasteiger partial charge in [0.1, 0.15) is 11.5 Å². The highest BCUT2D eigenvalue weighted by Crippen LogP contribution is 2.25. The molecule has 7 heteroatoms. The van der Waals surface area contributed by atoms with Crippen molar-refractivity contribution in [2.24, 2.45) is 5.92 Å². The number of nitro groups is 1. The zero-order valence-electron chi connectivity index (χ0n) is 12.2.